The summed E-state index contributed by atoms with van der Waals surface area (Å²) in [5.74, 6) is 0. The number of rotatable bonds is 4. The SMILES string of the molecule is IP(c1ccccc1)(c1ccccc1)(c1ccccc1)C1CCCCCCC1. The standard InChI is InChI=1S/C26H30IP/c27-28(24-17-9-4-10-18-24,25-19-11-5-12-20-25,26-21-13-6-14-22-26)23-15-7-2-1-3-8-16-23/h4-6,9-14,17-23H,1-3,7-8,15-16H2. The predicted octanol–water partition coefficient (Wildman–Crippen LogP) is 6.98. The third-order valence-electron chi connectivity index (χ3n) is 6.54. The van der Waals surface area contributed by atoms with Crippen LogP contribution in [0.1, 0.15) is 44.9 Å². The van der Waals surface area contributed by atoms with Crippen LogP contribution in [0.3, 0.4) is 0 Å². The normalized spacial score (nSPS) is 17.8. The van der Waals surface area contributed by atoms with Crippen molar-refractivity contribution in [3.63, 3.8) is 0 Å². The van der Waals surface area contributed by atoms with Gasteiger partial charge in [0.15, 0.2) is 0 Å². The molecule has 146 valence electrons. The minimum atomic E-state index is -2.63. The van der Waals surface area contributed by atoms with Gasteiger partial charge >= 0.3 is 184 Å². The Bertz CT molecular complexity index is 769. The van der Waals surface area contributed by atoms with Crippen LogP contribution >= 0.6 is 26.3 Å². The molecule has 0 atom stereocenters. The average Bonchev–Trinajstić information content (AvgIpc) is 2.75. The van der Waals surface area contributed by atoms with E-state index in [9.17, 15) is 0 Å². The van der Waals surface area contributed by atoms with E-state index >= 15 is 0 Å². The van der Waals surface area contributed by atoms with Crippen molar-refractivity contribution >= 4 is 42.2 Å². The van der Waals surface area contributed by atoms with Gasteiger partial charge in [-0.05, 0) is 0 Å². The molecule has 0 radical (unpaired) electrons. The zero-order valence-electron chi connectivity index (χ0n) is 16.5. The van der Waals surface area contributed by atoms with Crippen LogP contribution in [0.2, 0.25) is 0 Å². The van der Waals surface area contributed by atoms with Crippen molar-refractivity contribution in [2.75, 3.05) is 0 Å². The Hall–Kier alpha value is -1.18. The topological polar surface area (TPSA) is 0 Å². The van der Waals surface area contributed by atoms with Gasteiger partial charge < -0.3 is 0 Å². The van der Waals surface area contributed by atoms with Gasteiger partial charge in [0.25, 0.3) is 0 Å². The van der Waals surface area contributed by atoms with Crippen molar-refractivity contribution in [1.29, 1.82) is 0 Å². The maximum atomic E-state index is 2.99. The number of benzene rings is 3. The molecular formula is C26H30IP. The second kappa shape index (κ2) is 8.67. The minimum absolute atomic E-state index is 0.694. The van der Waals surface area contributed by atoms with Gasteiger partial charge in [-0.3, -0.25) is 0 Å². The Kier molecular flexibility index (Phi) is 6.23. The van der Waals surface area contributed by atoms with E-state index in [4.69, 9.17) is 0 Å². The first-order chi connectivity index (χ1) is 13.7. The van der Waals surface area contributed by atoms with Crippen LogP contribution < -0.4 is 15.9 Å². The molecule has 4 rings (SSSR count). The van der Waals surface area contributed by atoms with Gasteiger partial charge in [0.1, 0.15) is 0 Å². The van der Waals surface area contributed by atoms with Crippen LogP contribution in [0, 0.1) is 0 Å². The molecule has 1 aliphatic carbocycles. The van der Waals surface area contributed by atoms with Gasteiger partial charge in [-0.1, -0.05) is 0 Å². The summed E-state index contributed by atoms with van der Waals surface area (Å²) in [5.41, 5.74) is 0.694. The summed E-state index contributed by atoms with van der Waals surface area (Å²) in [6.45, 7) is 0. The third kappa shape index (κ3) is 3.35. The van der Waals surface area contributed by atoms with Crippen molar-refractivity contribution in [3.05, 3.63) is 91.0 Å². The second-order valence-electron chi connectivity index (χ2n) is 8.08. The van der Waals surface area contributed by atoms with E-state index < -0.39 is 4.25 Å². The summed E-state index contributed by atoms with van der Waals surface area (Å²) in [5, 5.41) is 4.62. The number of hydrogen-bond donors (Lipinski definition) is 0. The molecule has 0 spiro atoms. The molecule has 3 aromatic rings. The average molecular weight is 500 g/mol. The van der Waals surface area contributed by atoms with E-state index in [-0.39, 0.29) is 0 Å². The molecule has 0 amide bonds. The summed E-state index contributed by atoms with van der Waals surface area (Å²) in [4.78, 5) is 0. The fraction of sp³-hybridized carbons (Fsp3) is 0.308. The first kappa shape index (κ1) is 20.1. The number of halogens is 1. The van der Waals surface area contributed by atoms with Gasteiger partial charge in [0.05, 0.1) is 0 Å². The van der Waals surface area contributed by atoms with E-state index in [1.807, 2.05) is 0 Å². The van der Waals surface area contributed by atoms with Crippen LogP contribution in [0.4, 0.5) is 0 Å². The van der Waals surface area contributed by atoms with E-state index in [0.717, 1.165) is 0 Å². The molecular weight excluding hydrogens is 470 g/mol. The molecule has 0 unspecified atom stereocenters. The first-order valence-electron chi connectivity index (χ1n) is 10.6. The Morgan fingerprint density at radius 3 is 1.18 bits per heavy atom. The molecule has 0 bridgehead atoms. The molecule has 28 heavy (non-hydrogen) atoms. The summed E-state index contributed by atoms with van der Waals surface area (Å²) < 4.78 is -2.63. The Labute approximate surface area is 183 Å². The summed E-state index contributed by atoms with van der Waals surface area (Å²) >= 11 is 2.99. The van der Waals surface area contributed by atoms with Crippen molar-refractivity contribution in [2.45, 2.75) is 50.6 Å². The van der Waals surface area contributed by atoms with Crippen molar-refractivity contribution < 1.29 is 0 Å². The molecule has 1 fully saturated rings. The van der Waals surface area contributed by atoms with E-state index in [1.54, 1.807) is 0 Å². The molecule has 2 heteroatoms. The maximum absolute atomic E-state index is 2.99. The number of hydrogen-bond acceptors (Lipinski definition) is 0. The molecule has 0 aliphatic heterocycles. The van der Waals surface area contributed by atoms with E-state index in [0.29, 0.717) is 5.66 Å². The molecule has 0 saturated heterocycles. The molecule has 1 saturated carbocycles. The van der Waals surface area contributed by atoms with Gasteiger partial charge in [-0.2, -0.15) is 0 Å². The molecule has 0 aromatic heterocycles. The molecule has 0 heterocycles. The summed E-state index contributed by atoms with van der Waals surface area (Å²) in [7, 11) is 0. The first-order valence-corrected chi connectivity index (χ1v) is 15.7. The fourth-order valence-corrected chi connectivity index (χ4v) is 15.5. The summed E-state index contributed by atoms with van der Waals surface area (Å²) in [6, 6.07) is 34.4. The zero-order valence-corrected chi connectivity index (χ0v) is 19.6. The summed E-state index contributed by atoms with van der Waals surface area (Å²) in [6.07, 6.45) is 9.57. The van der Waals surface area contributed by atoms with Crippen molar-refractivity contribution in [2.24, 2.45) is 0 Å². The van der Waals surface area contributed by atoms with Gasteiger partial charge in [-0.15, -0.1) is 0 Å². The van der Waals surface area contributed by atoms with E-state index in [2.05, 4.69) is 113 Å². The Morgan fingerprint density at radius 2 is 0.821 bits per heavy atom. The fourth-order valence-electron chi connectivity index (χ4n) is 5.16. The van der Waals surface area contributed by atoms with Crippen molar-refractivity contribution in [3.8, 4) is 0 Å². The quantitative estimate of drug-likeness (QED) is 0.268. The molecule has 0 nitrogen and oxygen atoms in total. The van der Waals surface area contributed by atoms with Crippen LogP contribution in [0.5, 0.6) is 0 Å². The van der Waals surface area contributed by atoms with Crippen LogP contribution in [0.25, 0.3) is 0 Å². The van der Waals surface area contributed by atoms with Crippen LogP contribution in [-0.4, -0.2) is 5.66 Å². The Balaban J connectivity index is 2.06. The Morgan fingerprint density at radius 1 is 0.500 bits per heavy atom. The molecule has 0 N–H and O–H groups in total. The third-order valence-corrected chi connectivity index (χ3v) is 19.7. The molecule has 1 aliphatic rings. The van der Waals surface area contributed by atoms with Crippen molar-refractivity contribution in [1.82, 2.24) is 0 Å². The van der Waals surface area contributed by atoms with Gasteiger partial charge in [0.2, 0.25) is 0 Å². The van der Waals surface area contributed by atoms with Crippen LogP contribution in [0.15, 0.2) is 91.0 Å². The molecule has 3 aromatic carbocycles. The van der Waals surface area contributed by atoms with Gasteiger partial charge in [0, 0.05) is 0 Å². The zero-order chi connectivity index (χ0) is 19.3. The van der Waals surface area contributed by atoms with Gasteiger partial charge in [-0.25, -0.2) is 0 Å². The second-order valence-corrected chi connectivity index (χ2v) is 18.5. The van der Waals surface area contributed by atoms with Crippen LogP contribution in [-0.2, 0) is 0 Å². The predicted molar refractivity (Wildman–Crippen MR) is 135 cm³/mol. The van der Waals surface area contributed by atoms with E-state index in [1.165, 1.54) is 60.9 Å². The monoisotopic (exact) mass is 500 g/mol.